The molecule has 0 aliphatic rings. The van der Waals surface area contributed by atoms with Gasteiger partial charge in [-0.1, -0.05) is 12.1 Å². The van der Waals surface area contributed by atoms with Gasteiger partial charge in [0.25, 0.3) is 11.6 Å². The molecule has 2 N–H and O–H groups in total. The van der Waals surface area contributed by atoms with Crippen molar-refractivity contribution in [2.24, 2.45) is 0 Å². The predicted molar refractivity (Wildman–Crippen MR) is 91.6 cm³/mol. The molecule has 126 valence electrons. The number of anilines is 1. The normalized spacial score (nSPS) is 10.3. The number of H-pyrrole nitrogens is 1. The number of ether oxygens (including phenoxy) is 1. The van der Waals surface area contributed by atoms with Crippen molar-refractivity contribution in [2.45, 2.75) is 0 Å². The van der Waals surface area contributed by atoms with Gasteiger partial charge in [0, 0.05) is 11.6 Å². The van der Waals surface area contributed by atoms with E-state index in [0.29, 0.717) is 11.4 Å². The summed E-state index contributed by atoms with van der Waals surface area (Å²) in [6, 6.07) is 14.7. The standard InChI is InChI=1S/C17H14N4O4/c1-25-12-8-6-11(7-9-12)14-10-15(20-19-14)17(22)18-13-4-2-3-5-16(13)21(23)24/h2-10H,1H3,(H,18,22)(H,19,20). The highest BCUT2D eigenvalue weighted by Crippen LogP contribution is 2.25. The van der Waals surface area contributed by atoms with E-state index in [0.717, 1.165) is 5.56 Å². The Morgan fingerprint density at radius 1 is 1.20 bits per heavy atom. The number of nitrogens with zero attached hydrogens (tertiary/aromatic N) is 2. The molecular weight excluding hydrogens is 324 g/mol. The van der Waals surface area contributed by atoms with Gasteiger partial charge in [-0.2, -0.15) is 5.10 Å². The van der Waals surface area contributed by atoms with Crippen LogP contribution in [0.25, 0.3) is 11.3 Å². The molecule has 3 rings (SSSR count). The Morgan fingerprint density at radius 3 is 2.60 bits per heavy atom. The fourth-order valence-electron chi connectivity index (χ4n) is 2.28. The number of rotatable bonds is 5. The van der Waals surface area contributed by atoms with E-state index >= 15 is 0 Å². The van der Waals surface area contributed by atoms with Gasteiger partial charge >= 0.3 is 0 Å². The van der Waals surface area contributed by atoms with E-state index in [1.54, 1.807) is 31.4 Å². The van der Waals surface area contributed by atoms with Crippen LogP contribution in [0.1, 0.15) is 10.5 Å². The summed E-state index contributed by atoms with van der Waals surface area (Å²) >= 11 is 0. The highest BCUT2D eigenvalue weighted by atomic mass is 16.6. The summed E-state index contributed by atoms with van der Waals surface area (Å²) in [5, 5.41) is 20.3. The number of benzene rings is 2. The van der Waals surface area contributed by atoms with E-state index in [2.05, 4.69) is 15.5 Å². The summed E-state index contributed by atoms with van der Waals surface area (Å²) in [6.07, 6.45) is 0. The molecule has 25 heavy (non-hydrogen) atoms. The zero-order chi connectivity index (χ0) is 17.8. The number of para-hydroxylation sites is 2. The molecular formula is C17H14N4O4. The molecule has 0 aliphatic carbocycles. The Kier molecular flexibility index (Phi) is 4.42. The quantitative estimate of drug-likeness (QED) is 0.548. The van der Waals surface area contributed by atoms with E-state index in [9.17, 15) is 14.9 Å². The van der Waals surface area contributed by atoms with Gasteiger partial charge in [-0.3, -0.25) is 20.0 Å². The summed E-state index contributed by atoms with van der Waals surface area (Å²) in [5.74, 6) is 0.204. The summed E-state index contributed by atoms with van der Waals surface area (Å²) in [4.78, 5) is 22.8. The molecule has 0 aliphatic heterocycles. The van der Waals surface area contributed by atoms with E-state index in [1.165, 1.54) is 18.2 Å². The molecule has 0 fully saturated rings. The number of aromatic amines is 1. The van der Waals surface area contributed by atoms with Crippen molar-refractivity contribution in [1.29, 1.82) is 0 Å². The predicted octanol–water partition coefficient (Wildman–Crippen LogP) is 3.25. The summed E-state index contributed by atoms with van der Waals surface area (Å²) in [7, 11) is 1.58. The monoisotopic (exact) mass is 338 g/mol. The Labute approximate surface area is 142 Å². The van der Waals surface area contributed by atoms with Crippen LogP contribution in [0.2, 0.25) is 0 Å². The number of nitro groups is 1. The largest absolute Gasteiger partial charge is 0.497 e. The maximum absolute atomic E-state index is 12.3. The van der Waals surface area contributed by atoms with Gasteiger partial charge in [0.05, 0.1) is 17.7 Å². The number of carbonyl (C=O) groups is 1. The fraction of sp³-hybridized carbons (Fsp3) is 0.0588. The highest BCUT2D eigenvalue weighted by molar-refractivity contribution is 6.04. The van der Waals surface area contributed by atoms with Crippen molar-refractivity contribution < 1.29 is 14.5 Å². The van der Waals surface area contributed by atoms with Crippen molar-refractivity contribution in [2.75, 3.05) is 12.4 Å². The smallest absolute Gasteiger partial charge is 0.292 e. The molecule has 0 bridgehead atoms. The van der Waals surface area contributed by atoms with Crippen molar-refractivity contribution >= 4 is 17.3 Å². The SMILES string of the molecule is COc1ccc(-c2cc(C(=O)Nc3ccccc3[N+](=O)[O-])[nH]n2)cc1. The lowest BCUT2D eigenvalue weighted by molar-refractivity contribution is -0.383. The Hall–Kier alpha value is -3.68. The third kappa shape index (κ3) is 3.47. The van der Waals surface area contributed by atoms with E-state index < -0.39 is 10.8 Å². The average molecular weight is 338 g/mol. The first kappa shape index (κ1) is 16.2. The summed E-state index contributed by atoms with van der Waals surface area (Å²) in [6.45, 7) is 0. The first-order valence-corrected chi connectivity index (χ1v) is 7.33. The minimum Gasteiger partial charge on any atom is -0.497 e. The van der Waals surface area contributed by atoms with Gasteiger partial charge in [0.1, 0.15) is 17.1 Å². The van der Waals surface area contributed by atoms with E-state index in [4.69, 9.17) is 4.74 Å². The van der Waals surface area contributed by atoms with E-state index in [-0.39, 0.29) is 17.1 Å². The molecule has 3 aromatic rings. The zero-order valence-electron chi connectivity index (χ0n) is 13.2. The van der Waals surface area contributed by atoms with Crippen LogP contribution in [-0.4, -0.2) is 28.1 Å². The number of carbonyl (C=O) groups excluding carboxylic acids is 1. The molecule has 1 aromatic heterocycles. The van der Waals surface area contributed by atoms with Crippen LogP contribution in [0.4, 0.5) is 11.4 Å². The van der Waals surface area contributed by atoms with Crippen LogP contribution in [0.15, 0.2) is 54.6 Å². The molecule has 1 amide bonds. The molecule has 0 unspecified atom stereocenters. The zero-order valence-corrected chi connectivity index (χ0v) is 13.2. The van der Waals surface area contributed by atoms with Crippen molar-refractivity contribution in [3.8, 4) is 17.0 Å². The molecule has 1 heterocycles. The van der Waals surface area contributed by atoms with Crippen molar-refractivity contribution in [1.82, 2.24) is 10.2 Å². The van der Waals surface area contributed by atoms with E-state index in [1.807, 2.05) is 12.1 Å². The maximum Gasteiger partial charge on any atom is 0.292 e. The lowest BCUT2D eigenvalue weighted by atomic mass is 10.1. The highest BCUT2D eigenvalue weighted by Gasteiger charge is 2.17. The van der Waals surface area contributed by atoms with Gasteiger partial charge in [-0.25, -0.2) is 0 Å². The van der Waals surface area contributed by atoms with Crippen molar-refractivity contribution in [3.05, 3.63) is 70.4 Å². The van der Waals surface area contributed by atoms with Crippen molar-refractivity contribution in [3.63, 3.8) is 0 Å². The van der Waals surface area contributed by atoms with Gasteiger partial charge in [0.2, 0.25) is 0 Å². The molecule has 0 saturated carbocycles. The lowest BCUT2D eigenvalue weighted by Gasteiger charge is -2.03. The molecule has 0 radical (unpaired) electrons. The van der Waals surface area contributed by atoms with Gasteiger partial charge in [-0.15, -0.1) is 0 Å². The molecule has 0 atom stereocenters. The summed E-state index contributed by atoms with van der Waals surface area (Å²) in [5.41, 5.74) is 1.53. The Bertz CT molecular complexity index is 918. The third-order valence-electron chi connectivity index (χ3n) is 3.56. The Balaban J connectivity index is 1.80. The number of methoxy groups -OCH3 is 1. The second-order valence-corrected chi connectivity index (χ2v) is 5.12. The van der Waals surface area contributed by atoms with Gasteiger partial charge < -0.3 is 10.1 Å². The first-order valence-electron chi connectivity index (χ1n) is 7.33. The fourth-order valence-corrected chi connectivity index (χ4v) is 2.28. The molecule has 0 spiro atoms. The van der Waals surface area contributed by atoms with Gasteiger partial charge in [0.15, 0.2) is 0 Å². The second kappa shape index (κ2) is 6.83. The van der Waals surface area contributed by atoms with Crippen LogP contribution < -0.4 is 10.1 Å². The number of aromatic nitrogens is 2. The maximum atomic E-state index is 12.3. The van der Waals surface area contributed by atoms with Crippen LogP contribution in [0, 0.1) is 10.1 Å². The van der Waals surface area contributed by atoms with Crippen LogP contribution in [0.5, 0.6) is 5.75 Å². The number of amides is 1. The molecule has 2 aromatic carbocycles. The number of hydrogen-bond donors (Lipinski definition) is 2. The summed E-state index contributed by atoms with van der Waals surface area (Å²) < 4.78 is 5.10. The average Bonchev–Trinajstić information content (AvgIpc) is 3.12. The molecule has 8 heteroatoms. The molecule has 0 saturated heterocycles. The topological polar surface area (TPSA) is 110 Å². The van der Waals surface area contributed by atoms with Gasteiger partial charge in [-0.05, 0) is 36.4 Å². The third-order valence-corrected chi connectivity index (χ3v) is 3.56. The van der Waals surface area contributed by atoms with Crippen LogP contribution >= 0.6 is 0 Å². The Morgan fingerprint density at radius 2 is 1.92 bits per heavy atom. The minimum atomic E-state index is -0.550. The molecule has 8 nitrogen and oxygen atoms in total. The second-order valence-electron chi connectivity index (χ2n) is 5.12. The first-order chi connectivity index (χ1) is 12.1. The van der Waals surface area contributed by atoms with Crippen LogP contribution in [-0.2, 0) is 0 Å². The number of hydrogen-bond acceptors (Lipinski definition) is 5. The number of nitro benzene ring substituents is 1. The minimum absolute atomic E-state index is 0.123. The number of nitrogens with one attached hydrogen (secondary N) is 2. The van der Waals surface area contributed by atoms with Crippen LogP contribution in [0.3, 0.4) is 0 Å². The lowest BCUT2D eigenvalue weighted by Crippen LogP contribution is -2.13.